The Kier molecular flexibility index (Phi) is 5.19. The van der Waals surface area contributed by atoms with Gasteiger partial charge in [0.15, 0.2) is 0 Å². The van der Waals surface area contributed by atoms with Gasteiger partial charge in [0.05, 0.1) is 0 Å². The van der Waals surface area contributed by atoms with E-state index in [1.807, 2.05) is 0 Å². The topological polar surface area (TPSA) is 60.9 Å². The Morgan fingerprint density at radius 3 is 2.67 bits per heavy atom. The van der Waals surface area contributed by atoms with E-state index in [-0.39, 0.29) is 19.1 Å². The van der Waals surface area contributed by atoms with Gasteiger partial charge in [-0.1, -0.05) is 19.9 Å². The third kappa shape index (κ3) is 3.75. The highest BCUT2D eigenvalue weighted by Crippen LogP contribution is 2.24. The fourth-order valence-corrected chi connectivity index (χ4v) is 2.23. The summed E-state index contributed by atoms with van der Waals surface area (Å²) in [5, 5.41) is 8.80. The number of carboxylic acid groups (broad SMARTS) is 1. The van der Waals surface area contributed by atoms with E-state index >= 15 is 0 Å². The van der Waals surface area contributed by atoms with Gasteiger partial charge in [-0.25, -0.2) is 4.79 Å². The Bertz CT molecular complexity index is 328. The van der Waals surface area contributed by atoms with Crippen LogP contribution in [0.3, 0.4) is 0 Å². The average Bonchev–Trinajstić information content (AvgIpc) is 2.76. The molecule has 0 aromatic heterocycles. The van der Waals surface area contributed by atoms with E-state index < -0.39 is 5.97 Å². The first-order chi connectivity index (χ1) is 8.45. The second kappa shape index (κ2) is 6.42. The van der Waals surface area contributed by atoms with Crippen molar-refractivity contribution in [3.8, 4) is 0 Å². The maximum Gasteiger partial charge on any atom is 0.323 e. The number of hydrogen-bond donors (Lipinski definition) is 1. The molecule has 0 aromatic rings. The van der Waals surface area contributed by atoms with Crippen LogP contribution in [0.25, 0.3) is 0 Å². The molecule has 0 aliphatic carbocycles. The summed E-state index contributed by atoms with van der Waals surface area (Å²) in [6, 6.07) is -0.194. The number of carbonyl (C=O) groups excluding carboxylic acids is 1. The molecule has 1 aliphatic rings. The van der Waals surface area contributed by atoms with E-state index in [9.17, 15) is 9.59 Å². The van der Waals surface area contributed by atoms with Crippen molar-refractivity contribution >= 4 is 12.0 Å². The first-order valence-electron chi connectivity index (χ1n) is 6.32. The van der Waals surface area contributed by atoms with Crippen LogP contribution in [0, 0.1) is 11.8 Å². The van der Waals surface area contributed by atoms with E-state index in [1.54, 1.807) is 11.0 Å². The summed E-state index contributed by atoms with van der Waals surface area (Å²) in [7, 11) is 0. The number of likely N-dealkylation sites (tertiary alicyclic amines) is 1. The predicted molar refractivity (Wildman–Crippen MR) is 69.3 cm³/mol. The molecule has 0 aromatic carbocycles. The molecule has 0 saturated carbocycles. The van der Waals surface area contributed by atoms with Crippen molar-refractivity contribution in [2.24, 2.45) is 11.8 Å². The van der Waals surface area contributed by atoms with E-state index in [4.69, 9.17) is 5.11 Å². The third-order valence-electron chi connectivity index (χ3n) is 3.38. The zero-order valence-corrected chi connectivity index (χ0v) is 11.1. The molecule has 5 heteroatoms. The summed E-state index contributed by atoms with van der Waals surface area (Å²) in [6.07, 6.45) is 2.55. The molecule has 1 N–H and O–H groups in total. The van der Waals surface area contributed by atoms with Crippen molar-refractivity contribution < 1.29 is 14.7 Å². The van der Waals surface area contributed by atoms with Gasteiger partial charge in [-0.15, -0.1) is 6.58 Å². The number of rotatable bonds is 5. The molecule has 102 valence electrons. The van der Waals surface area contributed by atoms with Gasteiger partial charge in [0, 0.05) is 19.6 Å². The van der Waals surface area contributed by atoms with Crippen LogP contribution in [0.5, 0.6) is 0 Å². The molecular weight excluding hydrogens is 232 g/mol. The Balaban J connectivity index is 2.61. The fourth-order valence-electron chi connectivity index (χ4n) is 2.23. The van der Waals surface area contributed by atoms with Crippen molar-refractivity contribution in [3.05, 3.63) is 12.7 Å². The number of carbonyl (C=O) groups is 2. The van der Waals surface area contributed by atoms with Crippen molar-refractivity contribution in [3.63, 3.8) is 0 Å². The molecular formula is C13H22N2O3. The summed E-state index contributed by atoms with van der Waals surface area (Å²) in [4.78, 5) is 26.0. The molecule has 1 heterocycles. The lowest BCUT2D eigenvalue weighted by molar-refractivity contribution is -0.137. The second-order valence-electron chi connectivity index (χ2n) is 5.08. The first-order valence-corrected chi connectivity index (χ1v) is 6.32. The molecule has 0 spiro atoms. The van der Waals surface area contributed by atoms with Crippen molar-refractivity contribution in [1.82, 2.24) is 9.80 Å². The highest BCUT2D eigenvalue weighted by molar-refractivity contribution is 5.80. The maximum absolute atomic E-state index is 12.2. The standard InChI is InChI=1S/C13H22N2O3/c1-4-6-14(9-12(16)17)13(18)15-7-5-11(8-15)10(2)3/h4,10-11H,1,5-9H2,2-3H3,(H,16,17). The van der Waals surface area contributed by atoms with E-state index in [1.165, 1.54) is 4.90 Å². The molecule has 1 saturated heterocycles. The highest BCUT2D eigenvalue weighted by Gasteiger charge is 2.30. The third-order valence-corrected chi connectivity index (χ3v) is 3.38. The van der Waals surface area contributed by atoms with Crippen molar-refractivity contribution in [2.75, 3.05) is 26.2 Å². The smallest absolute Gasteiger partial charge is 0.323 e. The summed E-state index contributed by atoms with van der Waals surface area (Å²) in [6.45, 7) is 9.30. The minimum absolute atomic E-state index is 0.194. The van der Waals surface area contributed by atoms with Crippen LogP contribution in [-0.4, -0.2) is 53.1 Å². The van der Waals surface area contributed by atoms with Crippen LogP contribution in [0.15, 0.2) is 12.7 Å². The van der Waals surface area contributed by atoms with Crippen LogP contribution >= 0.6 is 0 Å². The van der Waals surface area contributed by atoms with Crippen molar-refractivity contribution in [2.45, 2.75) is 20.3 Å². The zero-order chi connectivity index (χ0) is 13.7. The molecule has 1 aliphatic heterocycles. The minimum Gasteiger partial charge on any atom is -0.480 e. The van der Waals surface area contributed by atoms with Gasteiger partial charge in [-0.05, 0) is 18.3 Å². The van der Waals surface area contributed by atoms with Gasteiger partial charge in [0.25, 0.3) is 0 Å². The van der Waals surface area contributed by atoms with E-state index in [0.29, 0.717) is 11.8 Å². The van der Waals surface area contributed by atoms with Gasteiger partial charge in [0.2, 0.25) is 0 Å². The molecule has 1 fully saturated rings. The highest BCUT2D eigenvalue weighted by atomic mass is 16.4. The largest absolute Gasteiger partial charge is 0.480 e. The van der Waals surface area contributed by atoms with E-state index in [2.05, 4.69) is 20.4 Å². The van der Waals surface area contributed by atoms with Crippen molar-refractivity contribution in [1.29, 1.82) is 0 Å². The fraction of sp³-hybridized carbons (Fsp3) is 0.692. The molecule has 1 unspecified atom stereocenters. The number of hydrogen-bond acceptors (Lipinski definition) is 2. The molecule has 5 nitrogen and oxygen atoms in total. The van der Waals surface area contributed by atoms with Crippen LogP contribution in [0.1, 0.15) is 20.3 Å². The van der Waals surface area contributed by atoms with Gasteiger partial charge in [-0.3, -0.25) is 4.79 Å². The molecule has 1 atom stereocenters. The number of carboxylic acids is 1. The van der Waals surface area contributed by atoms with Gasteiger partial charge < -0.3 is 14.9 Å². The molecule has 2 amide bonds. The number of urea groups is 1. The lowest BCUT2D eigenvalue weighted by atomic mass is 9.95. The Morgan fingerprint density at radius 2 is 2.22 bits per heavy atom. The average molecular weight is 254 g/mol. The number of aliphatic carboxylic acids is 1. The Morgan fingerprint density at radius 1 is 1.56 bits per heavy atom. The Labute approximate surface area is 108 Å². The Hall–Kier alpha value is -1.52. The normalized spacial score (nSPS) is 19.1. The first kappa shape index (κ1) is 14.5. The number of amides is 2. The zero-order valence-electron chi connectivity index (χ0n) is 11.1. The SMILES string of the molecule is C=CCN(CC(=O)O)C(=O)N1CCC(C(C)C)C1. The lowest BCUT2D eigenvalue weighted by Crippen LogP contribution is -2.44. The van der Waals surface area contributed by atoms with Crippen LogP contribution < -0.4 is 0 Å². The molecule has 18 heavy (non-hydrogen) atoms. The number of nitrogens with zero attached hydrogens (tertiary/aromatic N) is 2. The quantitative estimate of drug-likeness (QED) is 0.759. The minimum atomic E-state index is -0.996. The van der Waals surface area contributed by atoms with Gasteiger partial charge in [0.1, 0.15) is 6.54 Å². The summed E-state index contributed by atoms with van der Waals surface area (Å²) in [5.74, 6) is 0.0734. The summed E-state index contributed by atoms with van der Waals surface area (Å²) >= 11 is 0. The summed E-state index contributed by atoms with van der Waals surface area (Å²) in [5.41, 5.74) is 0. The van der Waals surface area contributed by atoms with Crippen LogP contribution in [-0.2, 0) is 4.79 Å². The monoisotopic (exact) mass is 254 g/mol. The van der Waals surface area contributed by atoms with Gasteiger partial charge in [-0.2, -0.15) is 0 Å². The van der Waals surface area contributed by atoms with Crippen LogP contribution in [0.4, 0.5) is 4.79 Å². The summed E-state index contributed by atoms with van der Waals surface area (Å²) < 4.78 is 0. The molecule has 0 bridgehead atoms. The lowest BCUT2D eigenvalue weighted by Gasteiger charge is -2.26. The molecule has 1 rings (SSSR count). The van der Waals surface area contributed by atoms with E-state index in [0.717, 1.165) is 19.5 Å². The second-order valence-corrected chi connectivity index (χ2v) is 5.08. The predicted octanol–water partition coefficient (Wildman–Crippen LogP) is 1.66. The van der Waals surface area contributed by atoms with Gasteiger partial charge >= 0.3 is 12.0 Å². The van der Waals surface area contributed by atoms with Crippen LogP contribution in [0.2, 0.25) is 0 Å². The molecule has 0 radical (unpaired) electrons. The maximum atomic E-state index is 12.2.